The molecule has 2 rings (SSSR count). The summed E-state index contributed by atoms with van der Waals surface area (Å²) in [7, 11) is 0. The average molecular weight is 311 g/mol. The van der Waals surface area contributed by atoms with E-state index in [1.54, 1.807) is 0 Å². The standard InChI is InChI=1S/C14H19BrN2O/c1-3-9(2)13(16)14(18)17-7-6-10-8-11(15)4-5-12(10)17/h4-5,8-9,13H,3,6-7,16H2,1-2H3. The summed E-state index contributed by atoms with van der Waals surface area (Å²) in [5.41, 5.74) is 8.27. The summed E-state index contributed by atoms with van der Waals surface area (Å²) in [6.45, 7) is 4.84. The van der Waals surface area contributed by atoms with Crippen LogP contribution in [0.2, 0.25) is 0 Å². The molecule has 1 aromatic rings. The van der Waals surface area contributed by atoms with Crippen LogP contribution in [0.5, 0.6) is 0 Å². The van der Waals surface area contributed by atoms with E-state index in [9.17, 15) is 4.79 Å². The van der Waals surface area contributed by atoms with Gasteiger partial charge in [0.05, 0.1) is 6.04 Å². The molecule has 2 N–H and O–H groups in total. The summed E-state index contributed by atoms with van der Waals surface area (Å²) in [6, 6.07) is 5.65. The van der Waals surface area contributed by atoms with Crippen molar-refractivity contribution in [2.24, 2.45) is 11.7 Å². The maximum Gasteiger partial charge on any atom is 0.244 e. The van der Waals surface area contributed by atoms with Gasteiger partial charge in [0, 0.05) is 16.7 Å². The first-order valence-corrected chi connectivity index (χ1v) is 7.19. The number of nitrogens with two attached hydrogens (primary N) is 1. The van der Waals surface area contributed by atoms with Crippen molar-refractivity contribution in [1.82, 2.24) is 0 Å². The van der Waals surface area contributed by atoms with Gasteiger partial charge in [-0.2, -0.15) is 0 Å². The molecule has 1 aliphatic rings. The van der Waals surface area contributed by atoms with Gasteiger partial charge >= 0.3 is 0 Å². The smallest absolute Gasteiger partial charge is 0.244 e. The molecule has 1 aromatic carbocycles. The maximum atomic E-state index is 12.4. The van der Waals surface area contributed by atoms with E-state index in [4.69, 9.17) is 5.73 Å². The van der Waals surface area contributed by atoms with Gasteiger partial charge in [-0.15, -0.1) is 0 Å². The SMILES string of the molecule is CCC(C)C(N)C(=O)N1CCc2cc(Br)ccc21. The molecular weight excluding hydrogens is 292 g/mol. The quantitative estimate of drug-likeness (QED) is 0.933. The van der Waals surface area contributed by atoms with E-state index in [1.807, 2.05) is 24.0 Å². The number of hydrogen-bond donors (Lipinski definition) is 1. The van der Waals surface area contributed by atoms with E-state index < -0.39 is 6.04 Å². The Bertz CT molecular complexity index is 461. The summed E-state index contributed by atoms with van der Waals surface area (Å²) >= 11 is 3.46. The zero-order chi connectivity index (χ0) is 13.3. The monoisotopic (exact) mass is 310 g/mol. The fourth-order valence-electron chi connectivity index (χ4n) is 2.28. The van der Waals surface area contributed by atoms with Gasteiger partial charge in [-0.3, -0.25) is 4.79 Å². The van der Waals surface area contributed by atoms with Gasteiger partial charge in [0.2, 0.25) is 5.91 Å². The number of amides is 1. The second-order valence-electron chi connectivity index (χ2n) is 4.92. The van der Waals surface area contributed by atoms with Gasteiger partial charge in [0.1, 0.15) is 0 Å². The van der Waals surface area contributed by atoms with Crippen molar-refractivity contribution in [3.05, 3.63) is 28.2 Å². The van der Waals surface area contributed by atoms with E-state index in [2.05, 4.69) is 28.9 Å². The van der Waals surface area contributed by atoms with E-state index in [0.29, 0.717) is 0 Å². The zero-order valence-corrected chi connectivity index (χ0v) is 12.4. The van der Waals surface area contributed by atoms with Crippen molar-refractivity contribution >= 4 is 27.5 Å². The van der Waals surface area contributed by atoms with Crippen LogP contribution in [-0.4, -0.2) is 18.5 Å². The van der Waals surface area contributed by atoms with Gasteiger partial charge in [0.15, 0.2) is 0 Å². The molecule has 0 bridgehead atoms. The molecule has 4 heteroatoms. The van der Waals surface area contributed by atoms with Crippen molar-refractivity contribution < 1.29 is 4.79 Å². The molecule has 0 aromatic heterocycles. The number of fused-ring (bicyclic) bond motifs is 1. The van der Waals surface area contributed by atoms with Crippen molar-refractivity contribution in [3.8, 4) is 0 Å². The lowest BCUT2D eigenvalue weighted by Crippen LogP contribution is -2.46. The highest BCUT2D eigenvalue weighted by molar-refractivity contribution is 9.10. The molecule has 98 valence electrons. The van der Waals surface area contributed by atoms with Crippen LogP contribution in [0.15, 0.2) is 22.7 Å². The summed E-state index contributed by atoms with van der Waals surface area (Å²) < 4.78 is 1.06. The molecule has 2 unspecified atom stereocenters. The van der Waals surface area contributed by atoms with E-state index >= 15 is 0 Å². The molecule has 3 nitrogen and oxygen atoms in total. The molecule has 2 atom stereocenters. The third kappa shape index (κ3) is 2.45. The molecule has 0 aliphatic carbocycles. The number of carbonyl (C=O) groups excluding carboxylic acids is 1. The largest absolute Gasteiger partial charge is 0.320 e. The highest BCUT2D eigenvalue weighted by Crippen LogP contribution is 2.31. The fraction of sp³-hybridized carbons (Fsp3) is 0.500. The summed E-state index contributed by atoms with van der Waals surface area (Å²) in [5, 5.41) is 0. The summed E-state index contributed by atoms with van der Waals surface area (Å²) in [6.07, 6.45) is 1.84. The Kier molecular flexibility index (Phi) is 4.07. The van der Waals surface area contributed by atoms with Gasteiger partial charge in [-0.25, -0.2) is 0 Å². The number of nitrogens with zero attached hydrogens (tertiary/aromatic N) is 1. The minimum atomic E-state index is -0.399. The molecule has 18 heavy (non-hydrogen) atoms. The number of rotatable bonds is 3. The number of hydrogen-bond acceptors (Lipinski definition) is 2. The summed E-state index contributed by atoms with van der Waals surface area (Å²) in [4.78, 5) is 14.2. The highest BCUT2D eigenvalue weighted by atomic mass is 79.9. The molecule has 1 heterocycles. The van der Waals surface area contributed by atoms with Crippen molar-refractivity contribution in [2.45, 2.75) is 32.7 Å². The first kappa shape index (κ1) is 13.6. The van der Waals surface area contributed by atoms with Crippen molar-refractivity contribution in [2.75, 3.05) is 11.4 Å². The Morgan fingerprint density at radius 2 is 2.28 bits per heavy atom. The maximum absolute atomic E-state index is 12.4. The Morgan fingerprint density at radius 3 is 2.94 bits per heavy atom. The van der Waals surface area contributed by atoms with Gasteiger partial charge in [-0.1, -0.05) is 36.2 Å². The van der Waals surface area contributed by atoms with Crippen LogP contribution in [0.25, 0.3) is 0 Å². The van der Waals surface area contributed by atoms with Gasteiger partial charge in [0.25, 0.3) is 0 Å². The third-order valence-corrected chi connectivity index (χ3v) is 4.24. The normalized spacial score (nSPS) is 17.4. The van der Waals surface area contributed by atoms with Crippen LogP contribution in [0, 0.1) is 5.92 Å². The van der Waals surface area contributed by atoms with Crippen LogP contribution in [0.3, 0.4) is 0 Å². The molecule has 0 spiro atoms. The Morgan fingerprint density at radius 1 is 1.56 bits per heavy atom. The van der Waals surface area contributed by atoms with Crippen molar-refractivity contribution in [3.63, 3.8) is 0 Å². The minimum absolute atomic E-state index is 0.0467. The zero-order valence-electron chi connectivity index (χ0n) is 10.8. The Labute approximate surface area is 116 Å². The second kappa shape index (κ2) is 5.41. The topological polar surface area (TPSA) is 46.3 Å². The van der Waals surface area contributed by atoms with Crippen molar-refractivity contribution in [1.29, 1.82) is 0 Å². The minimum Gasteiger partial charge on any atom is -0.320 e. The number of carbonyl (C=O) groups is 1. The fourth-order valence-corrected chi connectivity index (χ4v) is 2.69. The molecule has 0 saturated heterocycles. The molecule has 0 fully saturated rings. The van der Waals surface area contributed by atoms with Crippen LogP contribution < -0.4 is 10.6 Å². The Balaban J connectivity index is 2.21. The van der Waals surface area contributed by atoms with Crippen LogP contribution in [0.1, 0.15) is 25.8 Å². The predicted octanol–water partition coefficient (Wildman–Crippen LogP) is 2.71. The summed E-state index contributed by atoms with van der Waals surface area (Å²) in [5.74, 6) is 0.266. The number of anilines is 1. The van der Waals surface area contributed by atoms with Gasteiger partial charge in [-0.05, 0) is 36.1 Å². The highest BCUT2D eigenvalue weighted by Gasteiger charge is 2.30. The molecule has 0 saturated carbocycles. The van der Waals surface area contributed by atoms with Gasteiger partial charge < -0.3 is 10.6 Å². The van der Waals surface area contributed by atoms with E-state index in [0.717, 1.165) is 29.5 Å². The van der Waals surface area contributed by atoms with Crippen LogP contribution in [-0.2, 0) is 11.2 Å². The van der Waals surface area contributed by atoms with E-state index in [1.165, 1.54) is 5.56 Å². The van der Waals surface area contributed by atoms with Crippen LogP contribution >= 0.6 is 15.9 Å². The van der Waals surface area contributed by atoms with E-state index in [-0.39, 0.29) is 11.8 Å². The molecule has 1 amide bonds. The lowest BCUT2D eigenvalue weighted by molar-refractivity contribution is -0.120. The second-order valence-corrected chi connectivity index (χ2v) is 5.84. The average Bonchev–Trinajstić information content (AvgIpc) is 2.78. The molecular formula is C14H19BrN2O. The predicted molar refractivity (Wildman–Crippen MR) is 77.6 cm³/mol. The lowest BCUT2D eigenvalue weighted by Gasteiger charge is -2.24. The first-order valence-electron chi connectivity index (χ1n) is 6.40. The number of halogens is 1. The molecule has 1 aliphatic heterocycles. The third-order valence-electron chi connectivity index (χ3n) is 3.75. The Hall–Kier alpha value is -0.870. The first-order chi connectivity index (χ1) is 8.54. The molecule has 0 radical (unpaired) electrons. The number of benzene rings is 1. The van der Waals surface area contributed by atoms with Crippen LogP contribution in [0.4, 0.5) is 5.69 Å². The lowest BCUT2D eigenvalue weighted by atomic mass is 9.99.